The van der Waals surface area contributed by atoms with E-state index in [1.165, 1.54) is 24.4 Å². The number of aromatic hydroxyl groups is 1. The fourth-order valence-corrected chi connectivity index (χ4v) is 3.06. The van der Waals surface area contributed by atoms with E-state index in [-0.39, 0.29) is 17.2 Å². The van der Waals surface area contributed by atoms with Gasteiger partial charge in [0.2, 0.25) is 0 Å². The minimum absolute atomic E-state index is 0.0412. The highest BCUT2D eigenvalue weighted by Gasteiger charge is 2.26. The van der Waals surface area contributed by atoms with Crippen LogP contribution in [0.4, 0.5) is 5.69 Å². The van der Waals surface area contributed by atoms with Gasteiger partial charge in [0.1, 0.15) is 17.1 Å². The Morgan fingerprint density at radius 1 is 1.08 bits per heavy atom. The molecule has 0 radical (unpaired) electrons. The number of nitrogens with zero attached hydrogens (tertiary/aromatic N) is 2. The summed E-state index contributed by atoms with van der Waals surface area (Å²) in [5.74, 6) is 0.176. The van der Waals surface area contributed by atoms with Crippen LogP contribution in [0.5, 0.6) is 11.5 Å². The number of anilines is 1. The monoisotopic (exact) mass is 326 g/mol. The van der Waals surface area contributed by atoms with Crippen molar-refractivity contribution < 1.29 is 14.6 Å². The largest absolute Gasteiger partial charge is 0.507 e. The van der Waals surface area contributed by atoms with Crippen LogP contribution < -0.4 is 9.64 Å². The molecule has 0 bridgehead atoms. The molecule has 2 aromatic carbocycles. The minimum atomic E-state index is -0.186. The topological polar surface area (TPSA) is 53.0 Å². The van der Waals surface area contributed by atoms with Gasteiger partial charge in [0.15, 0.2) is 0 Å². The van der Waals surface area contributed by atoms with E-state index >= 15 is 0 Å². The van der Waals surface area contributed by atoms with Gasteiger partial charge in [0.25, 0.3) is 5.91 Å². The van der Waals surface area contributed by atoms with E-state index in [0.717, 1.165) is 13.1 Å². The molecule has 0 spiro atoms. The quantitative estimate of drug-likeness (QED) is 0.942. The van der Waals surface area contributed by atoms with Gasteiger partial charge in [0.05, 0.1) is 7.11 Å². The lowest BCUT2D eigenvalue weighted by Crippen LogP contribution is -2.48. The van der Waals surface area contributed by atoms with Gasteiger partial charge >= 0.3 is 0 Å². The summed E-state index contributed by atoms with van der Waals surface area (Å²) in [5.41, 5.74) is 2.65. The molecule has 1 amide bonds. The van der Waals surface area contributed by atoms with E-state index in [4.69, 9.17) is 4.74 Å². The molecule has 5 nitrogen and oxygen atoms in total. The first-order chi connectivity index (χ1) is 11.6. The van der Waals surface area contributed by atoms with Crippen molar-refractivity contribution in [3.05, 3.63) is 53.6 Å². The molecule has 0 saturated carbocycles. The predicted molar refractivity (Wildman–Crippen MR) is 94.0 cm³/mol. The number of carbonyl (C=O) groups excluding carboxylic acids is 1. The first-order valence-corrected chi connectivity index (χ1v) is 8.07. The third-order valence-corrected chi connectivity index (χ3v) is 4.37. The van der Waals surface area contributed by atoms with Crippen LogP contribution >= 0.6 is 0 Å². The Morgan fingerprint density at radius 3 is 2.46 bits per heavy atom. The third-order valence-electron chi connectivity index (χ3n) is 4.37. The molecule has 0 atom stereocenters. The number of hydrogen-bond donors (Lipinski definition) is 1. The lowest BCUT2D eigenvalue weighted by Gasteiger charge is -2.36. The Bertz CT molecular complexity index is 737. The van der Waals surface area contributed by atoms with Gasteiger partial charge in [-0.15, -0.1) is 0 Å². The normalized spacial score (nSPS) is 14.6. The molecule has 126 valence electrons. The molecule has 24 heavy (non-hydrogen) atoms. The van der Waals surface area contributed by atoms with Crippen LogP contribution in [0.15, 0.2) is 42.5 Å². The van der Waals surface area contributed by atoms with E-state index in [9.17, 15) is 9.90 Å². The second-order valence-electron chi connectivity index (χ2n) is 5.97. The standard InChI is InChI=1S/C19H22N2O3/c1-14-5-3-6-15(13-14)20-9-11-21(12-10-20)19(23)18-16(22)7-4-8-17(18)24-2/h3-8,13,22H,9-12H2,1-2H3. The van der Waals surface area contributed by atoms with Gasteiger partial charge in [-0.2, -0.15) is 0 Å². The SMILES string of the molecule is COc1cccc(O)c1C(=O)N1CCN(c2cccc(C)c2)CC1. The summed E-state index contributed by atoms with van der Waals surface area (Å²) in [4.78, 5) is 16.8. The number of phenolic OH excluding ortho intramolecular Hbond substituents is 1. The molecule has 0 aromatic heterocycles. The lowest BCUT2D eigenvalue weighted by molar-refractivity contribution is 0.0740. The molecular weight excluding hydrogens is 304 g/mol. The van der Waals surface area contributed by atoms with Crippen LogP contribution in [0.2, 0.25) is 0 Å². The molecule has 3 rings (SSSR count). The predicted octanol–water partition coefficient (Wildman–Crippen LogP) is 2.67. The van der Waals surface area contributed by atoms with Crippen molar-refractivity contribution in [2.45, 2.75) is 6.92 Å². The smallest absolute Gasteiger partial charge is 0.261 e. The Hall–Kier alpha value is -2.69. The maximum atomic E-state index is 12.8. The Labute approximate surface area is 142 Å². The van der Waals surface area contributed by atoms with Gasteiger partial charge in [-0.25, -0.2) is 0 Å². The Balaban J connectivity index is 1.72. The van der Waals surface area contributed by atoms with Gasteiger partial charge in [-0.1, -0.05) is 18.2 Å². The van der Waals surface area contributed by atoms with Crippen LogP contribution in [-0.4, -0.2) is 49.2 Å². The summed E-state index contributed by atoms with van der Waals surface area (Å²) < 4.78 is 5.22. The summed E-state index contributed by atoms with van der Waals surface area (Å²) in [7, 11) is 1.50. The van der Waals surface area contributed by atoms with Crippen molar-refractivity contribution in [3.8, 4) is 11.5 Å². The number of hydrogen-bond acceptors (Lipinski definition) is 4. The minimum Gasteiger partial charge on any atom is -0.507 e. The van der Waals surface area contributed by atoms with Gasteiger partial charge in [-0.3, -0.25) is 4.79 Å². The molecule has 1 aliphatic heterocycles. The molecule has 1 N–H and O–H groups in total. The average molecular weight is 326 g/mol. The van der Waals surface area contributed by atoms with Crippen molar-refractivity contribution in [3.63, 3.8) is 0 Å². The van der Waals surface area contributed by atoms with E-state index in [1.54, 1.807) is 17.0 Å². The van der Waals surface area contributed by atoms with Gasteiger partial charge < -0.3 is 19.6 Å². The average Bonchev–Trinajstić information content (AvgIpc) is 2.61. The third kappa shape index (κ3) is 3.15. The van der Waals surface area contributed by atoms with Crippen LogP contribution in [0.3, 0.4) is 0 Å². The van der Waals surface area contributed by atoms with Crippen LogP contribution in [0.1, 0.15) is 15.9 Å². The number of carbonyl (C=O) groups is 1. The summed E-state index contributed by atoms with van der Waals surface area (Å²) >= 11 is 0. The molecule has 5 heteroatoms. The summed E-state index contributed by atoms with van der Waals surface area (Å²) in [5, 5.41) is 10.0. The molecule has 0 unspecified atom stereocenters. The highest BCUT2D eigenvalue weighted by Crippen LogP contribution is 2.29. The molecule has 1 heterocycles. The number of benzene rings is 2. The van der Waals surface area contributed by atoms with Crippen LogP contribution in [-0.2, 0) is 0 Å². The molecule has 1 aliphatic rings. The fourth-order valence-electron chi connectivity index (χ4n) is 3.06. The molecule has 0 aliphatic carbocycles. The van der Waals surface area contributed by atoms with Crippen molar-refractivity contribution in [1.82, 2.24) is 4.90 Å². The maximum Gasteiger partial charge on any atom is 0.261 e. The summed E-state index contributed by atoms with van der Waals surface area (Å²) in [6, 6.07) is 13.2. The number of amides is 1. The second kappa shape index (κ2) is 6.83. The van der Waals surface area contributed by atoms with Crippen molar-refractivity contribution >= 4 is 11.6 Å². The van der Waals surface area contributed by atoms with E-state index in [0.29, 0.717) is 18.8 Å². The molecular formula is C19H22N2O3. The maximum absolute atomic E-state index is 12.8. The molecule has 1 saturated heterocycles. The Morgan fingerprint density at radius 2 is 1.79 bits per heavy atom. The van der Waals surface area contributed by atoms with Crippen molar-refractivity contribution in [2.24, 2.45) is 0 Å². The molecule has 1 fully saturated rings. The number of ether oxygens (including phenoxy) is 1. The van der Waals surface area contributed by atoms with Crippen molar-refractivity contribution in [1.29, 1.82) is 0 Å². The molecule has 2 aromatic rings. The first-order valence-electron chi connectivity index (χ1n) is 8.07. The van der Waals surface area contributed by atoms with E-state index in [2.05, 4.69) is 36.1 Å². The number of phenols is 1. The van der Waals surface area contributed by atoms with E-state index in [1.807, 2.05) is 0 Å². The highest BCUT2D eigenvalue weighted by molar-refractivity contribution is 5.99. The first kappa shape index (κ1) is 16.2. The van der Waals surface area contributed by atoms with E-state index < -0.39 is 0 Å². The Kier molecular flexibility index (Phi) is 4.60. The van der Waals surface area contributed by atoms with Crippen LogP contribution in [0, 0.1) is 6.92 Å². The second-order valence-corrected chi connectivity index (χ2v) is 5.97. The highest BCUT2D eigenvalue weighted by atomic mass is 16.5. The zero-order valence-corrected chi connectivity index (χ0v) is 14.0. The summed E-state index contributed by atoms with van der Waals surface area (Å²) in [6.07, 6.45) is 0. The fraction of sp³-hybridized carbons (Fsp3) is 0.316. The van der Waals surface area contributed by atoms with Gasteiger partial charge in [0, 0.05) is 31.9 Å². The summed E-state index contributed by atoms with van der Waals surface area (Å²) in [6.45, 7) is 4.85. The lowest BCUT2D eigenvalue weighted by atomic mass is 10.1. The van der Waals surface area contributed by atoms with Gasteiger partial charge in [-0.05, 0) is 36.8 Å². The number of rotatable bonds is 3. The number of methoxy groups -OCH3 is 1. The zero-order valence-electron chi connectivity index (χ0n) is 14.0. The number of aryl methyl sites for hydroxylation is 1. The zero-order chi connectivity index (χ0) is 17.1. The van der Waals surface area contributed by atoms with Crippen molar-refractivity contribution in [2.75, 3.05) is 38.2 Å². The van der Waals surface area contributed by atoms with Crippen LogP contribution in [0.25, 0.3) is 0 Å². The number of piperazine rings is 1.